The summed E-state index contributed by atoms with van der Waals surface area (Å²) in [5.41, 5.74) is 5.08. The Morgan fingerprint density at radius 1 is 1.04 bits per heavy atom. The van der Waals surface area contributed by atoms with Crippen molar-refractivity contribution in [1.82, 2.24) is 5.32 Å². The molecule has 1 saturated heterocycles. The van der Waals surface area contributed by atoms with Gasteiger partial charge in [-0.15, -0.1) is 0 Å². The van der Waals surface area contributed by atoms with Gasteiger partial charge in [-0.1, -0.05) is 36.4 Å². The molecular weight excluding hydrogens is 284 g/mol. The molecule has 0 amide bonds. The number of ether oxygens (including phenoxy) is 1. The van der Waals surface area contributed by atoms with Gasteiger partial charge in [-0.2, -0.15) is 0 Å². The van der Waals surface area contributed by atoms with Crippen LogP contribution in [0.5, 0.6) is 0 Å². The second-order valence-corrected chi connectivity index (χ2v) is 6.01. The molecule has 0 radical (unpaired) electrons. The fourth-order valence-electron chi connectivity index (χ4n) is 3.10. The van der Waals surface area contributed by atoms with E-state index < -0.39 is 0 Å². The minimum atomic E-state index is 0.154. The molecule has 0 aromatic heterocycles. The number of anilines is 1. The van der Waals surface area contributed by atoms with E-state index in [-0.39, 0.29) is 6.10 Å². The van der Waals surface area contributed by atoms with Crippen LogP contribution < -0.4 is 10.2 Å². The first-order valence-electron chi connectivity index (χ1n) is 8.55. The van der Waals surface area contributed by atoms with Gasteiger partial charge >= 0.3 is 0 Å². The van der Waals surface area contributed by atoms with Crippen LogP contribution in [-0.4, -0.2) is 32.8 Å². The van der Waals surface area contributed by atoms with Gasteiger partial charge in [0.2, 0.25) is 0 Å². The number of hydrogen-bond acceptors (Lipinski definition) is 3. The molecule has 0 bridgehead atoms. The van der Waals surface area contributed by atoms with Crippen LogP contribution in [0.25, 0.3) is 11.1 Å². The van der Waals surface area contributed by atoms with Gasteiger partial charge in [-0.3, -0.25) is 0 Å². The summed E-state index contributed by atoms with van der Waals surface area (Å²) in [6.45, 7) is 9.16. The maximum absolute atomic E-state index is 5.66. The SMILES string of the molecule is CCO[C@H](C)c1ccc(-c2cccc(N3CCNCC3)c2)cc1. The Hall–Kier alpha value is -1.84. The first-order chi connectivity index (χ1) is 11.3. The standard InChI is InChI=1S/C20H26N2O/c1-3-23-16(2)17-7-9-18(10-8-17)19-5-4-6-20(15-19)22-13-11-21-12-14-22/h4-10,15-16,21H,3,11-14H2,1-2H3/t16-/m1/s1. The van der Waals surface area contributed by atoms with Gasteiger partial charge in [0, 0.05) is 38.5 Å². The van der Waals surface area contributed by atoms with E-state index in [2.05, 4.69) is 65.7 Å². The van der Waals surface area contributed by atoms with E-state index >= 15 is 0 Å². The highest BCUT2D eigenvalue weighted by atomic mass is 16.5. The molecule has 0 saturated carbocycles. The zero-order chi connectivity index (χ0) is 16.1. The Morgan fingerprint density at radius 3 is 2.48 bits per heavy atom. The van der Waals surface area contributed by atoms with Gasteiger partial charge in [0.1, 0.15) is 0 Å². The van der Waals surface area contributed by atoms with Crippen molar-refractivity contribution in [3.8, 4) is 11.1 Å². The number of nitrogens with one attached hydrogen (secondary N) is 1. The summed E-state index contributed by atoms with van der Waals surface area (Å²) in [5.74, 6) is 0. The molecule has 1 aliphatic heterocycles. The number of rotatable bonds is 5. The maximum Gasteiger partial charge on any atom is 0.0796 e. The monoisotopic (exact) mass is 310 g/mol. The minimum absolute atomic E-state index is 0.154. The molecule has 1 N–H and O–H groups in total. The van der Waals surface area contributed by atoms with Crippen LogP contribution in [0.1, 0.15) is 25.5 Å². The second-order valence-electron chi connectivity index (χ2n) is 6.01. The summed E-state index contributed by atoms with van der Waals surface area (Å²) in [5, 5.41) is 3.40. The van der Waals surface area contributed by atoms with E-state index in [1.54, 1.807) is 0 Å². The average Bonchev–Trinajstić information content (AvgIpc) is 2.63. The van der Waals surface area contributed by atoms with Gasteiger partial charge in [-0.25, -0.2) is 0 Å². The third-order valence-electron chi connectivity index (χ3n) is 4.46. The van der Waals surface area contributed by atoms with E-state index in [1.165, 1.54) is 22.4 Å². The van der Waals surface area contributed by atoms with E-state index in [0.29, 0.717) is 0 Å². The Kier molecular flexibility index (Phi) is 5.31. The van der Waals surface area contributed by atoms with Crippen LogP contribution in [0, 0.1) is 0 Å². The van der Waals surface area contributed by atoms with Gasteiger partial charge in [0.05, 0.1) is 6.10 Å². The minimum Gasteiger partial charge on any atom is -0.374 e. The number of piperazine rings is 1. The van der Waals surface area contributed by atoms with Gasteiger partial charge < -0.3 is 15.0 Å². The van der Waals surface area contributed by atoms with Crippen LogP contribution >= 0.6 is 0 Å². The number of nitrogens with zero attached hydrogens (tertiary/aromatic N) is 1. The largest absolute Gasteiger partial charge is 0.374 e. The van der Waals surface area contributed by atoms with Crippen LogP contribution in [0.2, 0.25) is 0 Å². The molecule has 0 spiro atoms. The fraction of sp³-hybridized carbons (Fsp3) is 0.400. The van der Waals surface area contributed by atoms with E-state index in [9.17, 15) is 0 Å². The molecule has 2 aromatic carbocycles. The first kappa shape index (κ1) is 16.0. The molecule has 3 nitrogen and oxygen atoms in total. The summed E-state index contributed by atoms with van der Waals surface area (Å²) in [6, 6.07) is 17.6. The molecule has 1 heterocycles. The predicted octanol–water partition coefficient (Wildman–Crippen LogP) is 3.86. The lowest BCUT2D eigenvalue weighted by molar-refractivity contribution is 0.0764. The summed E-state index contributed by atoms with van der Waals surface area (Å²) in [6.07, 6.45) is 0.154. The van der Waals surface area contributed by atoms with Crippen molar-refractivity contribution in [2.24, 2.45) is 0 Å². The van der Waals surface area contributed by atoms with Crippen molar-refractivity contribution < 1.29 is 4.74 Å². The number of hydrogen-bond donors (Lipinski definition) is 1. The van der Waals surface area contributed by atoms with E-state index in [1.807, 2.05) is 6.92 Å². The van der Waals surface area contributed by atoms with Crippen LogP contribution in [-0.2, 0) is 4.74 Å². The molecule has 1 aliphatic rings. The molecule has 1 fully saturated rings. The molecular formula is C20H26N2O. The van der Waals surface area contributed by atoms with Crippen molar-refractivity contribution in [2.75, 3.05) is 37.7 Å². The molecule has 3 rings (SSSR count). The van der Waals surface area contributed by atoms with Gasteiger partial charge in [0.25, 0.3) is 0 Å². The lowest BCUT2D eigenvalue weighted by atomic mass is 10.0. The lowest BCUT2D eigenvalue weighted by Crippen LogP contribution is -2.43. The van der Waals surface area contributed by atoms with Crippen LogP contribution in [0.15, 0.2) is 48.5 Å². The summed E-state index contributed by atoms with van der Waals surface area (Å²) >= 11 is 0. The quantitative estimate of drug-likeness (QED) is 0.907. The maximum atomic E-state index is 5.66. The van der Waals surface area contributed by atoms with Crippen LogP contribution in [0.3, 0.4) is 0 Å². The van der Waals surface area contributed by atoms with Crippen molar-refractivity contribution in [1.29, 1.82) is 0 Å². The molecule has 23 heavy (non-hydrogen) atoms. The predicted molar refractivity (Wildman–Crippen MR) is 97.0 cm³/mol. The van der Waals surface area contributed by atoms with Crippen molar-refractivity contribution >= 4 is 5.69 Å². The van der Waals surface area contributed by atoms with Crippen molar-refractivity contribution in [3.05, 3.63) is 54.1 Å². The van der Waals surface area contributed by atoms with E-state index in [0.717, 1.165) is 32.8 Å². The molecule has 3 heteroatoms. The highest BCUT2D eigenvalue weighted by Gasteiger charge is 2.11. The zero-order valence-electron chi connectivity index (χ0n) is 14.1. The zero-order valence-corrected chi connectivity index (χ0v) is 14.1. The summed E-state index contributed by atoms with van der Waals surface area (Å²) in [4.78, 5) is 2.45. The second kappa shape index (κ2) is 7.62. The van der Waals surface area contributed by atoms with E-state index in [4.69, 9.17) is 4.74 Å². The Bertz CT molecular complexity index is 618. The smallest absolute Gasteiger partial charge is 0.0796 e. The number of benzene rings is 2. The fourth-order valence-corrected chi connectivity index (χ4v) is 3.10. The third-order valence-corrected chi connectivity index (χ3v) is 4.46. The van der Waals surface area contributed by atoms with Gasteiger partial charge in [0.15, 0.2) is 0 Å². The Morgan fingerprint density at radius 2 is 1.78 bits per heavy atom. The Labute approximate surface area is 139 Å². The highest BCUT2D eigenvalue weighted by Crippen LogP contribution is 2.27. The summed E-state index contributed by atoms with van der Waals surface area (Å²) < 4.78 is 5.66. The van der Waals surface area contributed by atoms with Crippen LogP contribution in [0.4, 0.5) is 5.69 Å². The normalized spacial score (nSPS) is 16.3. The molecule has 0 aliphatic carbocycles. The molecule has 0 unspecified atom stereocenters. The summed E-state index contributed by atoms with van der Waals surface area (Å²) in [7, 11) is 0. The third kappa shape index (κ3) is 3.92. The van der Waals surface area contributed by atoms with Crippen molar-refractivity contribution in [2.45, 2.75) is 20.0 Å². The van der Waals surface area contributed by atoms with Crippen molar-refractivity contribution in [3.63, 3.8) is 0 Å². The molecule has 2 aromatic rings. The van der Waals surface area contributed by atoms with Gasteiger partial charge in [-0.05, 0) is 42.7 Å². The Balaban J connectivity index is 1.78. The topological polar surface area (TPSA) is 24.5 Å². The first-order valence-corrected chi connectivity index (χ1v) is 8.55. The highest BCUT2D eigenvalue weighted by molar-refractivity contribution is 5.69. The lowest BCUT2D eigenvalue weighted by Gasteiger charge is -2.29. The molecule has 122 valence electrons. The molecule has 1 atom stereocenters. The average molecular weight is 310 g/mol.